The van der Waals surface area contributed by atoms with Crippen LogP contribution in [0.3, 0.4) is 0 Å². The summed E-state index contributed by atoms with van der Waals surface area (Å²) in [5, 5.41) is 16.4. The maximum Gasteiger partial charge on any atom is 0.320 e. The summed E-state index contributed by atoms with van der Waals surface area (Å²) in [6.45, 7) is 6.35. The van der Waals surface area contributed by atoms with Gasteiger partial charge < -0.3 is 10.6 Å². The van der Waals surface area contributed by atoms with Crippen LogP contribution in [0.4, 0.5) is 10.6 Å². The van der Waals surface area contributed by atoms with E-state index in [0.717, 1.165) is 24.1 Å². The van der Waals surface area contributed by atoms with E-state index >= 15 is 0 Å². The summed E-state index contributed by atoms with van der Waals surface area (Å²) in [6.07, 6.45) is 1.02. The topological polar surface area (TPSA) is 100 Å². The first-order chi connectivity index (χ1) is 13.5. The van der Waals surface area contributed by atoms with Crippen LogP contribution in [0.15, 0.2) is 36.4 Å². The number of carbonyl (C=O) groups excluding carboxylic acids is 2. The summed E-state index contributed by atoms with van der Waals surface area (Å²) < 4.78 is 1.60. The fourth-order valence-corrected chi connectivity index (χ4v) is 3.48. The Hall–Kier alpha value is -2.87. The largest absolute Gasteiger partial charge is 0.337 e. The third-order valence-corrected chi connectivity index (χ3v) is 4.97. The summed E-state index contributed by atoms with van der Waals surface area (Å²) in [6, 6.07) is 11.5. The van der Waals surface area contributed by atoms with Gasteiger partial charge in [0.1, 0.15) is 5.82 Å². The highest BCUT2D eigenvalue weighted by Crippen LogP contribution is 2.21. The van der Waals surface area contributed by atoms with Crippen molar-refractivity contribution in [3.63, 3.8) is 0 Å². The van der Waals surface area contributed by atoms with Crippen molar-refractivity contribution in [2.45, 2.75) is 45.9 Å². The Morgan fingerprint density at radius 1 is 1.29 bits per heavy atom. The predicted molar refractivity (Wildman–Crippen MR) is 108 cm³/mol. The van der Waals surface area contributed by atoms with Gasteiger partial charge in [-0.15, -0.1) is 0 Å². The lowest BCUT2D eigenvalue weighted by molar-refractivity contribution is -0.130. The predicted octanol–water partition coefficient (Wildman–Crippen LogP) is 2.15. The Morgan fingerprint density at radius 2 is 2.04 bits per heavy atom. The fraction of sp³-hybridized carbons (Fsp3) is 0.450. The van der Waals surface area contributed by atoms with Crippen LogP contribution < -0.4 is 21.3 Å². The van der Waals surface area contributed by atoms with Gasteiger partial charge in [0.15, 0.2) is 6.29 Å². The number of aromatic nitrogens is 2. The molecule has 3 amide bonds. The first-order valence-electron chi connectivity index (χ1n) is 9.69. The number of anilines is 1. The molecule has 3 atom stereocenters. The van der Waals surface area contributed by atoms with E-state index in [9.17, 15) is 9.59 Å². The van der Waals surface area contributed by atoms with Crippen molar-refractivity contribution in [3.8, 4) is 0 Å². The first kappa shape index (κ1) is 19.9. The van der Waals surface area contributed by atoms with Crippen LogP contribution in [0, 0.1) is 12.8 Å². The van der Waals surface area contributed by atoms with E-state index in [0.29, 0.717) is 12.4 Å². The second-order valence-electron chi connectivity index (χ2n) is 7.11. The van der Waals surface area contributed by atoms with E-state index in [1.807, 2.05) is 51.1 Å². The molecule has 1 aromatic carbocycles. The number of nitrogens with zero attached hydrogens (tertiary/aromatic N) is 2. The quantitative estimate of drug-likeness (QED) is 0.613. The van der Waals surface area contributed by atoms with Crippen molar-refractivity contribution in [2.24, 2.45) is 5.92 Å². The van der Waals surface area contributed by atoms with Crippen molar-refractivity contribution < 1.29 is 9.59 Å². The highest BCUT2D eigenvalue weighted by molar-refractivity contribution is 5.88. The SMILES string of the molecule is CCC1C(=O)NC(n2nc(C)cc2NC(=O)NCCc2ccccc2)NC1C. The van der Waals surface area contributed by atoms with Crippen LogP contribution in [-0.2, 0) is 11.2 Å². The maximum absolute atomic E-state index is 12.3. The van der Waals surface area contributed by atoms with Gasteiger partial charge in [0.2, 0.25) is 5.91 Å². The number of benzene rings is 1. The van der Waals surface area contributed by atoms with E-state index in [2.05, 4.69) is 26.4 Å². The Kier molecular flexibility index (Phi) is 6.30. The van der Waals surface area contributed by atoms with E-state index in [-0.39, 0.29) is 23.9 Å². The molecule has 3 unspecified atom stereocenters. The monoisotopic (exact) mass is 384 g/mol. The van der Waals surface area contributed by atoms with E-state index in [4.69, 9.17) is 0 Å². The van der Waals surface area contributed by atoms with Gasteiger partial charge in [0.25, 0.3) is 0 Å². The molecule has 1 aromatic heterocycles. The second-order valence-corrected chi connectivity index (χ2v) is 7.11. The maximum atomic E-state index is 12.3. The molecule has 28 heavy (non-hydrogen) atoms. The Bertz CT molecular complexity index is 819. The molecule has 1 aliphatic rings. The summed E-state index contributed by atoms with van der Waals surface area (Å²) in [5.41, 5.74) is 1.91. The zero-order chi connectivity index (χ0) is 20.1. The number of aryl methyl sites for hydroxylation is 1. The highest BCUT2D eigenvalue weighted by atomic mass is 16.2. The van der Waals surface area contributed by atoms with Crippen LogP contribution in [0.25, 0.3) is 0 Å². The Balaban J connectivity index is 1.60. The van der Waals surface area contributed by atoms with Gasteiger partial charge in [-0.25, -0.2) is 9.48 Å². The van der Waals surface area contributed by atoms with Crippen molar-refractivity contribution in [1.82, 2.24) is 25.7 Å². The average molecular weight is 384 g/mol. The summed E-state index contributed by atoms with van der Waals surface area (Å²) in [5.74, 6) is 0.436. The number of hydrogen-bond acceptors (Lipinski definition) is 4. The molecule has 8 heteroatoms. The molecule has 0 radical (unpaired) electrons. The molecule has 2 aromatic rings. The minimum Gasteiger partial charge on any atom is -0.337 e. The molecule has 1 saturated heterocycles. The van der Waals surface area contributed by atoms with Gasteiger partial charge in [-0.1, -0.05) is 37.3 Å². The molecule has 2 heterocycles. The minimum atomic E-state index is -0.501. The van der Waals surface area contributed by atoms with Gasteiger partial charge in [-0.2, -0.15) is 5.10 Å². The normalized spacial score (nSPS) is 21.8. The Labute approximate surface area is 165 Å². The van der Waals surface area contributed by atoms with Gasteiger partial charge in [0, 0.05) is 18.7 Å². The van der Waals surface area contributed by atoms with Gasteiger partial charge in [-0.3, -0.25) is 15.4 Å². The lowest BCUT2D eigenvalue weighted by Crippen LogP contribution is -2.57. The Morgan fingerprint density at radius 3 is 2.71 bits per heavy atom. The summed E-state index contributed by atoms with van der Waals surface area (Å²) >= 11 is 0. The zero-order valence-electron chi connectivity index (χ0n) is 16.5. The second kappa shape index (κ2) is 8.88. The van der Waals surface area contributed by atoms with Gasteiger partial charge in [0.05, 0.1) is 11.6 Å². The van der Waals surface area contributed by atoms with Crippen molar-refractivity contribution in [3.05, 3.63) is 47.7 Å². The number of rotatable bonds is 6. The highest BCUT2D eigenvalue weighted by Gasteiger charge is 2.34. The lowest BCUT2D eigenvalue weighted by Gasteiger charge is -2.35. The minimum absolute atomic E-state index is 0.00911. The molecule has 0 aliphatic carbocycles. The van der Waals surface area contributed by atoms with E-state index < -0.39 is 6.29 Å². The standard InChI is InChI=1S/C20H28N6O2/c1-4-16-14(3)22-19(24-18(16)27)26-17(12-13(2)25-26)23-20(28)21-11-10-15-8-6-5-7-9-15/h5-9,12,14,16,19,22H,4,10-11H2,1-3H3,(H,24,27)(H2,21,23,28). The van der Waals surface area contributed by atoms with Crippen molar-refractivity contribution >= 4 is 17.8 Å². The molecule has 1 fully saturated rings. The smallest absolute Gasteiger partial charge is 0.320 e. The van der Waals surface area contributed by atoms with E-state index in [1.165, 1.54) is 0 Å². The molecule has 1 aliphatic heterocycles. The van der Waals surface area contributed by atoms with Crippen molar-refractivity contribution in [2.75, 3.05) is 11.9 Å². The molecule has 8 nitrogen and oxygen atoms in total. The number of carbonyl (C=O) groups is 2. The van der Waals surface area contributed by atoms with Crippen LogP contribution in [0.5, 0.6) is 0 Å². The van der Waals surface area contributed by atoms with Gasteiger partial charge in [-0.05, 0) is 32.3 Å². The van der Waals surface area contributed by atoms with Gasteiger partial charge >= 0.3 is 6.03 Å². The third kappa shape index (κ3) is 4.69. The lowest BCUT2D eigenvalue weighted by atomic mass is 9.95. The molecule has 3 rings (SSSR count). The van der Waals surface area contributed by atoms with Crippen LogP contribution >= 0.6 is 0 Å². The zero-order valence-corrected chi connectivity index (χ0v) is 16.5. The first-order valence-corrected chi connectivity index (χ1v) is 9.69. The summed E-state index contributed by atoms with van der Waals surface area (Å²) in [7, 11) is 0. The number of nitrogens with one attached hydrogen (secondary N) is 4. The molecular formula is C20H28N6O2. The molecular weight excluding hydrogens is 356 g/mol. The number of amides is 3. The average Bonchev–Trinajstić information content (AvgIpc) is 3.02. The molecule has 0 saturated carbocycles. The van der Waals surface area contributed by atoms with Crippen LogP contribution in [0.2, 0.25) is 0 Å². The molecule has 0 spiro atoms. The summed E-state index contributed by atoms with van der Waals surface area (Å²) in [4.78, 5) is 24.6. The van der Waals surface area contributed by atoms with E-state index in [1.54, 1.807) is 10.7 Å². The third-order valence-electron chi connectivity index (χ3n) is 4.97. The van der Waals surface area contributed by atoms with Crippen LogP contribution in [-0.4, -0.2) is 34.3 Å². The fourth-order valence-electron chi connectivity index (χ4n) is 3.48. The molecule has 4 N–H and O–H groups in total. The molecule has 150 valence electrons. The van der Waals surface area contributed by atoms with Crippen LogP contribution in [0.1, 0.15) is 37.8 Å². The number of hydrogen-bond donors (Lipinski definition) is 4. The number of urea groups is 1. The molecule has 0 bridgehead atoms. The van der Waals surface area contributed by atoms with Crippen molar-refractivity contribution in [1.29, 1.82) is 0 Å².